The van der Waals surface area contributed by atoms with Crippen molar-refractivity contribution >= 4 is 50.1 Å². The molecule has 2 heterocycles. The third-order valence-corrected chi connectivity index (χ3v) is 17.4. The Morgan fingerprint density at radius 1 is 0.537 bits per heavy atom. The molecule has 14 rings (SSSR count). The van der Waals surface area contributed by atoms with Crippen LogP contribution in [0.15, 0.2) is 184 Å². The standard InChI is InChI=1S/C64H56N2O/c1-4-14-45(15-5-1)62-65-58(40-59(66-62)47-28-30-50-49-17-7-9-19-60(49)67-61(50)37-47)44-26-24-42(25-27-44)41-20-22-43(23-21-41)46-29-31-55-51(36-46)53-39-56-52(38-57(53)64(55)34-12-3-13-35-64)48-16-6-8-18-54(48)63(56)32-10-2-11-33-63/h1,4-9,14-24,26,28-31,36-37,39-40,57,62,66H,2-3,10-13,25,27,32-35,38H2. The van der Waals surface area contributed by atoms with Gasteiger partial charge in [-0.25, -0.2) is 0 Å². The number of nitrogens with one attached hydrogen (secondary N) is 1. The fourth-order valence-corrected chi connectivity index (χ4v) is 14.1. The van der Waals surface area contributed by atoms with Crippen LogP contribution in [0.4, 0.5) is 0 Å². The summed E-state index contributed by atoms with van der Waals surface area (Å²) in [5.41, 5.74) is 24.7. The highest BCUT2D eigenvalue weighted by Crippen LogP contribution is 2.66. The first-order valence-corrected chi connectivity index (χ1v) is 25.4. The predicted octanol–water partition coefficient (Wildman–Crippen LogP) is 16.4. The van der Waals surface area contributed by atoms with Crippen LogP contribution in [-0.2, 0) is 10.8 Å². The van der Waals surface area contributed by atoms with Crippen molar-refractivity contribution in [2.75, 3.05) is 0 Å². The molecular weight excluding hydrogens is 813 g/mol. The first-order valence-electron chi connectivity index (χ1n) is 25.4. The van der Waals surface area contributed by atoms with Crippen LogP contribution in [0.1, 0.15) is 129 Å². The Labute approximate surface area is 394 Å². The van der Waals surface area contributed by atoms with Crippen LogP contribution in [0.5, 0.6) is 0 Å². The molecule has 0 saturated heterocycles. The second kappa shape index (κ2) is 15.4. The molecule has 2 atom stereocenters. The van der Waals surface area contributed by atoms with Gasteiger partial charge in [0.15, 0.2) is 0 Å². The van der Waals surface area contributed by atoms with Crippen LogP contribution in [0.3, 0.4) is 0 Å². The summed E-state index contributed by atoms with van der Waals surface area (Å²) in [6.07, 6.45) is 26.0. The van der Waals surface area contributed by atoms with Gasteiger partial charge in [0.2, 0.25) is 0 Å². The smallest absolute Gasteiger partial charge is 0.145 e. The Morgan fingerprint density at radius 3 is 2.07 bits per heavy atom. The largest absolute Gasteiger partial charge is 0.456 e. The van der Waals surface area contributed by atoms with Crippen molar-refractivity contribution in [1.82, 2.24) is 5.32 Å². The van der Waals surface area contributed by atoms with Gasteiger partial charge in [0, 0.05) is 32.9 Å². The van der Waals surface area contributed by atoms with Crippen LogP contribution in [0.25, 0.3) is 55.5 Å². The highest BCUT2D eigenvalue weighted by Gasteiger charge is 2.54. The normalized spacial score (nSPS) is 22.3. The summed E-state index contributed by atoms with van der Waals surface area (Å²) in [6, 6.07) is 52.1. The molecule has 2 saturated carbocycles. The van der Waals surface area contributed by atoms with Crippen LogP contribution in [-0.4, -0.2) is 5.71 Å². The number of benzene rings is 6. The topological polar surface area (TPSA) is 37.5 Å². The third kappa shape index (κ3) is 6.19. The average molecular weight is 869 g/mol. The Hall–Kier alpha value is -6.71. The summed E-state index contributed by atoms with van der Waals surface area (Å²) in [6.45, 7) is 0. The molecule has 67 heavy (non-hydrogen) atoms. The molecule has 6 aliphatic carbocycles. The van der Waals surface area contributed by atoms with Gasteiger partial charge in [0.25, 0.3) is 0 Å². The predicted molar refractivity (Wildman–Crippen MR) is 278 cm³/mol. The van der Waals surface area contributed by atoms with E-state index in [4.69, 9.17) is 9.41 Å². The molecule has 0 amide bonds. The Balaban J connectivity index is 0.774. The summed E-state index contributed by atoms with van der Waals surface area (Å²) in [5.74, 6) is 0.580. The van der Waals surface area contributed by atoms with E-state index in [1.54, 1.807) is 39.0 Å². The number of furan rings is 1. The lowest BCUT2D eigenvalue weighted by Crippen LogP contribution is -2.35. The van der Waals surface area contributed by atoms with E-state index < -0.39 is 0 Å². The van der Waals surface area contributed by atoms with E-state index in [1.807, 2.05) is 12.1 Å². The first-order chi connectivity index (χ1) is 33.1. The number of hydrogen-bond donors (Lipinski definition) is 1. The zero-order valence-corrected chi connectivity index (χ0v) is 38.3. The maximum absolute atomic E-state index is 6.32. The van der Waals surface area contributed by atoms with Crippen molar-refractivity contribution in [3.05, 3.63) is 214 Å². The second-order valence-electron chi connectivity index (χ2n) is 20.7. The number of fused-ring (bicyclic) bond motifs is 12. The summed E-state index contributed by atoms with van der Waals surface area (Å²) < 4.78 is 6.32. The third-order valence-electron chi connectivity index (χ3n) is 17.4. The number of hydrogen-bond acceptors (Lipinski definition) is 3. The van der Waals surface area contributed by atoms with Crippen molar-refractivity contribution in [3.63, 3.8) is 0 Å². The van der Waals surface area contributed by atoms with Gasteiger partial charge in [-0.3, -0.25) is 4.99 Å². The minimum Gasteiger partial charge on any atom is -0.456 e. The molecule has 0 bridgehead atoms. The first kappa shape index (κ1) is 39.5. The number of allylic oxidation sites excluding steroid dienone is 9. The van der Waals surface area contributed by atoms with E-state index >= 15 is 0 Å². The summed E-state index contributed by atoms with van der Waals surface area (Å²) in [7, 11) is 0. The molecule has 0 radical (unpaired) electrons. The molecule has 2 spiro atoms. The van der Waals surface area contributed by atoms with E-state index in [2.05, 4.69) is 157 Å². The van der Waals surface area contributed by atoms with Gasteiger partial charge in [-0.15, -0.1) is 0 Å². The summed E-state index contributed by atoms with van der Waals surface area (Å²) in [5, 5.41) is 6.04. The van der Waals surface area contributed by atoms with E-state index in [1.165, 1.54) is 98.5 Å². The van der Waals surface area contributed by atoms with Crippen LogP contribution in [0.2, 0.25) is 0 Å². The molecule has 7 aliphatic rings. The fraction of sp³-hybridized carbons (Fsp3) is 0.266. The van der Waals surface area contributed by atoms with Crippen LogP contribution < -0.4 is 5.32 Å². The lowest BCUT2D eigenvalue weighted by molar-refractivity contribution is 0.242. The minimum atomic E-state index is -0.183. The Kier molecular flexibility index (Phi) is 9.08. The molecule has 328 valence electrons. The van der Waals surface area contributed by atoms with Crippen LogP contribution >= 0.6 is 0 Å². The molecule has 6 aromatic carbocycles. The molecule has 1 aromatic heterocycles. The zero-order chi connectivity index (χ0) is 44.1. The zero-order valence-electron chi connectivity index (χ0n) is 38.3. The highest BCUT2D eigenvalue weighted by atomic mass is 16.3. The van der Waals surface area contributed by atoms with E-state index in [-0.39, 0.29) is 17.0 Å². The van der Waals surface area contributed by atoms with E-state index in [0.717, 1.165) is 57.3 Å². The molecule has 7 aromatic rings. The average Bonchev–Trinajstić information content (AvgIpc) is 3.99. The highest BCUT2D eigenvalue weighted by molar-refractivity contribution is 6.14. The van der Waals surface area contributed by atoms with E-state index in [9.17, 15) is 0 Å². The van der Waals surface area contributed by atoms with E-state index in [0.29, 0.717) is 5.92 Å². The number of nitrogens with zero attached hydrogens (tertiary/aromatic N) is 1. The van der Waals surface area contributed by atoms with Gasteiger partial charge in [-0.1, -0.05) is 172 Å². The monoisotopic (exact) mass is 868 g/mol. The number of para-hydroxylation sites is 1. The summed E-state index contributed by atoms with van der Waals surface area (Å²) in [4.78, 5) is 5.32. The van der Waals surface area contributed by atoms with Gasteiger partial charge < -0.3 is 9.73 Å². The van der Waals surface area contributed by atoms with Gasteiger partial charge in [0.1, 0.15) is 17.3 Å². The molecular formula is C64H56N2O. The molecule has 1 aliphatic heterocycles. The fourth-order valence-electron chi connectivity index (χ4n) is 14.1. The summed E-state index contributed by atoms with van der Waals surface area (Å²) >= 11 is 0. The van der Waals surface area contributed by atoms with Gasteiger partial charge in [-0.2, -0.15) is 0 Å². The van der Waals surface area contributed by atoms with Crippen molar-refractivity contribution in [2.45, 2.75) is 100 Å². The van der Waals surface area contributed by atoms with Crippen molar-refractivity contribution in [1.29, 1.82) is 0 Å². The maximum Gasteiger partial charge on any atom is 0.145 e. The number of aliphatic imine (C=N–C) groups is 1. The van der Waals surface area contributed by atoms with Gasteiger partial charge >= 0.3 is 0 Å². The van der Waals surface area contributed by atoms with Crippen molar-refractivity contribution in [3.8, 4) is 11.1 Å². The van der Waals surface area contributed by atoms with Crippen molar-refractivity contribution in [2.24, 2.45) is 10.9 Å². The van der Waals surface area contributed by atoms with Gasteiger partial charge in [-0.05, 0) is 154 Å². The Bertz CT molecular complexity index is 3350. The number of rotatable bonds is 5. The maximum atomic E-state index is 6.32. The molecule has 2 fully saturated rings. The lowest BCUT2D eigenvalue weighted by Gasteiger charge is -2.43. The second-order valence-corrected chi connectivity index (χ2v) is 20.7. The molecule has 2 unspecified atom stereocenters. The quantitative estimate of drug-likeness (QED) is 0.187. The SMILES string of the molecule is C1=C(C2=NC(c3ccccc3)NC(c3ccc4c(c3)oc3ccccc34)=C2)CCC(c2ccc(-c3ccc4c(c3)C3=CC5=C(CC3C43CCCCC3)c3ccccc3C53CCCCC3)cc2)=C1. The molecule has 3 heteroatoms. The molecule has 3 nitrogen and oxygen atoms in total. The van der Waals surface area contributed by atoms with Crippen LogP contribution in [0, 0.1) is 5.92 Å². The Morgan fingerprint density at radius 2 is 1.24 bits per heavy atom. The minimum absolute atomic E-state index is 0.183. The van der Waals surface area contributed by atoms with Crippen molar-refractivity contribution < 1.29 is 4.42 Å². The van der Waals surface area contributed by atoms with Gasteiger partial charge in [0.05, 0.1) is 5.71 Å². The lowest BCUT2D eigenvalue weighted by atomic mass is 9.61. The molecule has 1 N–H and O–H groups in total.